The number of rotatable bonds is 2. The van der Waals surface area contributed by atoms with Crippen LogP contribution in [0.15, 0.2) is 24.3 Å². The molecule has 0 saturated carbocycles. The van der Waals surface area contributed by atoms with Crippen molar-refractivity contribution in [3.8, 4) is 0 Å². The molecule has 1 N–H and O–H groups in total. The van der Waals surface area contributed by atoms with Crippen molar-refractivity contribution in [3.63, 3.8) is 0 Å². The molecule has 1 aromatic carbocycles. The Morgan fingerprint density at radius 1 is 1.38 bits per heavy atom. The Bertz CT molecular complexity index is 377. The van der Waals surface area contributed by atoms with Crippen LogP contribution in [0.5, 0.6) is 0 Å². The molecule has 86 valence electrons. The molecule has 16 heavy (non-hydrogen) atoms. The van der Waals surface area contributed by atoms with Crippen LogP contribution in [-0.4, -0.2) is 23.5 Å². The molecular weight excluding hydrogens is 333 g/mol. The van der Waals surface area contributed by atoms with Gasteiger partial charge in [-0.2, -0.15) is 11.8 Å². The van der Waals surface area contributed by atoms with Crippen LogP contribution < -0.4 is 5.32 Å². The third-order valence-corrected chi connectivity index (χ3v) is 4.36. The van der Waals surface area contributed by atoms with Gasteiger partial charge < -0.3 is 5.32 Å². The molecule has 0 aliphatic carbocycles. The van der Waals surface area contributed by atoms with Crippen molar-refractivity contribution in [2.24, 2.45) is 0 Å². The number of thioether (sulfide) groups is 1. The Balaban J connectivity index is 1.97. The molecular formula is C12H14INOS. The molecule has 0 bridgehead atoms. The predicted molar refractivity (Wildman–Crippen MR) is 77.0 cm³/mol. The molecule has 0 unspecified atom stereocenters. The molecule has 2 rings (SSSR count). The number of carbonyl (C=O) groups excluding carboxylic acids is 1. The molecule has 0 atom stereocenters. The fourth-order valence-electron chi connectivity index (χ4n) is 1.74. The smallest absolute Gasteiger partial charge is 0.251 e. The summed E-state index contributed by atoms with van der Waals surface area (Å²) in [5.74, 6) is 2.39. The Labute approximate surface area is 114 Å². The van der Waals surface area contributed by atoms with Crippen LogP contribution in [0.25, 0.3) is 0 Å². The van der Waals surface area contributed by atoms with Gasteiger partial charge >= 0.3 is 0 Å². The van der Waals surface area contributed by atoms with Crippen LogP contribution in [0.2, 0.25) is 0 Å². The first-order chi connectivity index (χ1) is 7.75. The van der Waals surface area contributed by atoms with Gasteiger partial charge in [0.15, 0.2) is 0 Å². The molecule has 1 aliphatic heterocycles. The summed E-state index contributed by atoms with van der Waals surface area (Å²) in [6, 6.07) is 8.08. The van der Waals surface area contributed by atoms with Gasteiger partial charge in [0.2, 0.25) is 0 Å². The van der Waals surface area contributed by atoms with Gasteiger partial charge in [0.1, 0.15) is 0 Å². The fraction of sp³-hybridized carbons (Fsp3) is 0.417. The summed E-state index contributed by atoms with van der Waals surface area (Å²) in [5, 5.41) is 3.11. The largest absolute Gasteiger partial charge is 0.349 e. The van der Waals surface area contributed by atoms with Gasteiger partial charge in [-0.05, 0) is 65.1 Å². The Kier molecular flexibility index (Phi) is 4.52. The zero-order valence-electron chi connectivity index (χ0n) is 8.91. The number of amides is 1. The monoisotopic (exact) mass is 347 g/mol. The summed E-state index contributed by atoms with van der Waals surface area (Å²) < 4.78 is 1.10. The van der Waals surface area contributed by atoms with Crippen molar-refractivity contribution in [2.45, 2.75) is 18.9 Å². The minimum absolute atomic E-state index is 0.0652. The van der Waals surface area contributed by atoms with Crippen LogP contribution in [0.1, 0.15) is 23.2 Å². The van der Waals surface area contributed by atoms with Crippen LogP contribution in [-0.2, 0) is 0 Å². The van der Waals surface area contributed by atoms with Crippen LogP contribution in [0.4, 0.5) is 0 Å². The van der Waals surface area contributed by atoms with E-state index in [0.29, 0.717) is 6.04 Å². The summed E-state index contributed by atoms with van der Waals surface area (Å²) in [4.78, 5) is 11.9. The van der Waals surface area contributed by atoms with Gasteiger partial charge in [0, 0.05) is 15.2 Å². The van der Waals surface area contributed by atoms with E-state index in [1.807, 2.05) is 36.0 Å². The van der Waals surface area contributed by atoms with Gasteiger partial charge in [-0.1, -0.05) is 6.07 Å². The molecule has 1 aromatic rings. The second kappa shape index (κ2) is 5.91. The summed E-state index contributed by atoms with van der Waals surface area (Å²) in [6.07, 6.45) is 2.20. The van der Waals surface area contributed by atoms with Gasteiger partial charge in [-0.25, -0.2) is 0 Å². The summed E-state index contributed by atoms with van der Waals surface area (Å²) in [6.45, 7) is 0. The van der Waals surface area contributed by atoms with E-state index in [2.05, 4.69) is 27.9 Å². The third kappa shape index (κ3) is 3.38. The van der Waals surface area contributed by atoms with Crippen molar-refractivity contribution in [1.82, 2.24) is 5.32 Å². The number of nitrogens with one attached hydrogen (secondary N) is 1. The highest BCUT2D eigenvalue weighted by Gasteiger charge is 2.16. The lowest BCUT2D eigenvalue weighted by Crippen LogP contribution is -2.37. The van der Waals surface area contributed by atoms with E-state index in [-0.39, 0.29) is 5.91 Å². The minimum atomic E-state index is 0.0652. The number of carbonyl (C=O) groups is 1. The molecule has 2 nitrogen and oxygen atoms in total. The van der Waals surface area contributed by atoms with E-state index in [9.17, 15) is 4.79 Å². The highest BCUT2D eigenvalue weighted by atomic mass is 127. The van der Waals surface area contributed by atoms with Gasteiger partial charge in [-0.3, -0.25) is 4.79 Å². The molecule has 1 fully saturated rings. The van der Waals surface area contributed by atoms with E-state index < -0.39 is 0 Å². The Morgan fingerprint density at radius 3 is 2.81 bits per heavy atom. The normalized spacial score (nSPS) is 17.1. The maximum Gasteiger partial charge on any atom is 0.251 e. The molecule has 0 spiro atoms. The first kappa shape index (κ1) is 12.2. The number of hydrogen-bond donors (Lipinski definition) is 1. The van der Waals surface area contributed by atoms with E-state index in [1.54, 1.807) is 0 Å². The lowest BCUT2D eigenvalue weighted by Gasteiger charge is -2.22. The standard InChI is InChI=1S/C12H14INOS/c13-10-3-1-2-9(8-10)12(15)14-11-4-6-16-7-5-11/h1-3,8,11H,4-7H2,(H,14,15). The SMILES string of the molecule is O=C(NC1CCSCC1)c1cccc(I)c1. The lowest BCUT2D eigenvalue weighted by atomic mass is 10.1. The second-order valence-electron chi connectivity index (χ2n) is 3.87. The average molecular weight is 347 g/mol. The first-order valence-corrected chi connectivity index (χ1v) is 7.63. The fourth-order valence-corrected chi connectivity index (χ4v) is 3.39. The van der Waals surface area contributed by atoms with Gasteiger partial charge in [0.25, 0.3) is 5.91 Å². The maximum atomic E-state index is 11.9. The Hall–Kier alpha value is -0.230. The van der Waals surface area contributed by atoms with E-state index in [4.69, 9.17) is 0 Å². The van der Waals surface area contributed by atoms with Crippen molar-refractivity contribution >= 4 is 40.3 Å². The molecule has 1 amide bonds. The lowest BCUT2D eigenvalue weighted by molar-refractivity contribution is 0.0935. The molecule has 1 heterocycles. The minimum Gasteiger partial charge on any atom is -0.349 e. The first-order valence-electron chi connectivity index (χ1n) is 5.40. The number of benzene rings is 1. The summed E-state index contributed by atoms with van der Waals surface area (Å²) in [7, 11) is 0. The van der Waals surface area contributed by atoms with Crippen molar-refractivity contribution in [1.29, 1.82) is 0 Å². The van der Waals surface area contributed by atoms with Crippen LogP contribution >= 0.6 is 34.4 Å². The molecule has 1 saturated heterocycles. The Morgan fingerprint density at radius 2 is 2.12 bits per heavy atom. The zero-order chi connectivity index (χ0) is 11.4. The van der Waals surface area contributed by atoms with E-state index >= 15 is 0 Å². The van der Waals surface area contributed by atoms with Crippen molar-refractivity contribution < 1.29 is 4.79 Å². The highest BCUT2D eigenvalue weighted by Crippen LogP contribution is 2.17. The molecule has 0 aromatic heterocycles. The average Bonchev–Trinajstić information content (AvgIpc) is 2.30. The number of hydrogen-bond acceptors (Lipinski definition) is 2. The van der Waals surface area contributed by atoms with Gasteiger partial charge in [-0.15, -0.1) is 0 Å². The topological polar surface area (TPSA) is 29.1 Å². The highest BCUT2D eigenvalue weighted by molar-refractivity contribution is 14.1. The van der Waals surface area contributed by atoms with Crippen LogP contribution in [0, 0.1) is 3.57 Å². The van der Waals surface area contributed by atoms with Crippen molar-refractivity contribution in [2.75, 3.05) is 11.5 Å². The van der Waals surface area contributed by atoms with Crippen LogP contribution in [0.3, 0.4) is 0 Å². The molecule has 0 radical (unpaired) electrons. The van der Waals surface area contributed by atoms with E-state index in [1.165, 1.54) is 0 Å². The number of halogens is 1. The quantitative estimate of drug-likeness (QED) is 0.834. The third-order valence-electron chi connectivity index (χ3n) is 2.64. The maximum absolute atomic E-state index is 11.9. The van der Waals surface area contributed by atoms with E-state index in [0.717, 1.165) is 33.5 Å². The summed E-state index contributed by atoms with van der Waals surface area (Å²) >= 11 is 4.20. The summed E-state index contributed by atoms with van der Waals surface area (Å²) in [5.41, 5.74) is 0.769. The van der Waals surface area contributed by atoms with Crippen molar-refractivity contribution in [3.05, 3.63) is 33.4 Å². The molecule has 1 aliphatic rings. The molecule has 4 heteroatoms. The predicted octanol–water partition coefficient (Wildman–Crippen LogP) is 2.92. The second-order valence-corrected chi connectivity index (χ2v) is 6.34. The zero-order valence-corrected chi connectivity index (χ0v) is 11.9. The van der Waals surface area contributed by atoms with Gasteiger partial charge in [0.05, 0.1) is 0 Å².